The van der Waals surface area contributed by atoms with Gasteiger partial charge in [-0.05, 0) is 63.0 Å². The Bertz CT molecular complexity index is 945. The average molecular weight is 439 g/mol. The molecule has 5 N–H and O–H groups in total. The van der Waals surface area contributed by atoms with Gasteiger partial charge in [-0.2, -0.15) is 0 Å². The van der Waals surface area contributed by atoms with Crippen molar-refractivity contribution in [2.75, 3.05) is 27.2 Å². The van der Waals surface area contributed by atoms with Gasteiger partial charge in [0, 0.05) is 36.3 Å². The van der Waals surface area contributed by atoms with Crippen LogP contribution in [0.4, 0.5) is 0 Å². The van der Waals surface area contributed by atoms with E-state index in [4.69, 9.17) is 5.21 Å². The van der Waals surface area contributed by atoms with E-state index in [1.54, 1.807) is 24.3 Å². The van der Waals surface area contributed by atoms with E-state index in [-0.39, 0.29) is 0 Å². The molecule has 0 aliphatic carbocycles. The smallest absolute Gasteiger partial charge is 0.268 e. The molecule has 2 aromatic rings. The summed E-state index contributed by atoms with van der Waals surface area (Å²) in [4.78, 5) is 26.0. The van der Waals surface area contributed by atoms with E-state index < -0.39 is 24.0 Å². The van der Waals surface area contributed by atoms with Gasteiger partial charge in [-0.15, -0.1) is 0 Å². The Morgan fingerprint density at radius 3 is 2.06 bits per heavy atom. The average Bonchev–Trinajstić information content (AvgIpc) is 2.79. The molecule has 0 aliphatic rings. The molecule has 0 saturated heterocycles. The first-order valence-electron chi connectivity index (χ1n) is 10.3. The molecule has 0 radical (unpaired) electrons. The number of rotatable bonds is 9. The molecule has 2 amide bonds. The lowest BCUT2D eigenvalue weighted by Gasteiger charge is -2.19. The molecule has 0 spiro atoms. The summed E-state index contributed by atoms with van der Waals surface area (Å²) in [5, 5.41) is 24.1. The van der Waals surface area contributed by atoms with Gasteiger partial charge in [0.15, 0.2) is 0 Å². The van der Waals surface area contributed by atoms with Crippen LogP contribution >= 0.6 is 0 Å². The maximum atomic E-state index is 12.3. The van der Waals surface area contributed by atoms with Crippen molar-refractivity contribution in [2.45, 2.75) is 25.6 Å². The summed E-state index contributed by atoms with van der Waals surface area (Å²) in [6.45, 7) is 4.06. The van der Waals surface area contributed by atoms with Crippen molar-refractivity contribution in [3.8, 4) is 11.8 Å². The number of carbonyl (C=O) groups is 2. The van der Waals surface area contributed by atoms with Crippen molar-refractivity contribution in [2.24, 2.45) is 0 Å². The van der Waals surface area contributed by atoms with E-state index in [1.165, 1.54) is 18.0 Å². The highest BCUT2D eigenvalue weighted by Crippen LogP contribution is 2.07. The molecule has 2 aromatic carbocycles. The minimum absolute atomic E-state index is 0.304. The van der Waals surface area contributed by atoms with Gasteiger partial charge in [0.05, 0.1) is 6.10 Å². The summed E-state index contributed by atoms with van der Waals surface area (Å²) in [5.41, 5.74) is 4.54. The third-order valence-electron chi connectivity index (χ3n) is 4.68. The van der Waals surface area contributed by atoms with Crippen LogP contribution < -0.4 is 16.1 Å². The van der Waals surface area contributed by atoms with E-state index in [1.807, 2.05) is 38.4 Å². The monoisotopic (exact) mass is 438 g/mol. The maximum absolute atomic E-state index is 12.3. The van der Waals surface area contributed by atoms with Crippen LogP contribution in [0.3, 0.4) is 0 Å². The summed E-state index contributed by atoms with van der Waals surface area (Å²) in [7, 11) is 4.09. The van der Waals surface area contributed by atoms with Gasteiger partial charge in [-0.25, -0.2) is 5.48 Å². The quantitative estimate of drug-likeness (QED) is 0.171. The highest BCUT2D eigenvalue weighted by molar-refractivity contribution is 5.97. The second-order valence-corrected chi connectivity index (χ2v) is 7.67. The Labute approximate surface area is 188 Å². The van der Waals surface area contributed by atoms with Crippen molar-refractivity contribution >= 4 is 11.8 Å². The second-order valence-electron chi connectivity index (χ2n) is 7.67. The zero-order valence-electron chi connectivity index (χ0n) is 18.6. The lowest BCUT2D eigenvalue weighted by molar-refractivity contribution is -0.133. The number of amides is 2. The third kappa shape index (κ3) is 8.13. The Hall–Kier alpha value is -3.22. The largest absolute Gasteiger partial charge is 0.391 e. The number of hydrogen-bond donors (Lipinski definition) is 5. The molecule has 0 heterocycles. The molecule has 0 aliphatic heterocycles. The molecule has 8 nitrogen and oxygen atoms in total. The van der Waals surface area contributed by atoms with Gasteiger partial charge in [0.25, 0.3) is 11.8 Å². The molecular formula is C24H30N4O4. The number of carbonyl (C=O) groups excluding carboxylic acids is 2. The molecule has 0 bridgehead atoms. The second kappa shape index (κ2) is 12.6. The zero-order chi connectivity index (χ0) is 23.5. The van der Waals surface area contributed by atoms with Crippen LogP contribution in [0.2, 0.25) is 0 Å². The fourth-order valence-corrected chi connectivity index (χ4v) is 2.79. The zero-order valence-corrected chi connectivity index (χ0v) is 18.6. The van der Waals surface area contributed by atoms with Crippen LogP contribution in [0.5, 0.6) is 0 Å². The van der Waals surface area contributed by atoms with Crippen LogP contribution in [0.15, 0.2) is 48.5 Å². The van der Waals surface area contributed by atoms with Crippen molar-refractivity contribution < 1.29 is 19.9 Å². The fourth-order valence-electron chi connectivity index (χ4n) is 2.79. The Morgan fingerprint density at radius 2 is 1.56 bits per heavy atom. The Kier molecular flexibility index (Phi) is 9.85. The van der Waals surface area contributed by atoms with Crippen LogP contribution in [-0.4, -0.2) is 66.4 Å². The summed E-state index contributed by atoms with van der Waals surface area (Å²) in [5.74, 6) is 4.71. The highest BCUT2D eigenvalue weighted by Gasteiger charge is 2.25. The first kappa shape index (κ1) is 25.0. The maximum Gasteiger partial charge on any atom is 0.268 e. The summed E-state index contributed by atoms with van der Waals surface area (Å²) >= 11 is 0. The topological polar surface area (TPSA) is 114 Å². The van der Waals surface area contributed by atoms with Crippen molar-refractivity contribution in [1.82, 2.24) is 21.0 Å². The molecular weight excluding hydrogens is 408 g/mol. The van der Waals surface area contributed by atoms with Crippen LogP contribution in [0, 0.1) is 11.8 Å². The van der Waals surface area contributed by atoms with E-state index in [0.29, 0.717) is 5.56 Å². The first-order chi connectivity index (χ1) is 15.3. The molecule has 0 saturated carbocycles. The van der Waals surface area contributed by atoms with Gasteiger partial charge in [0.1, 0.15) is 6.04 Å². The molecule has 170 valence electrons. The Balaban J connectivity index is 1.94. The molecule has 0 fully saturated rings. The van der Waals surface area contributed by atoms with E-state index in [2.05, 4.69) is 27.4 Å². The lowest BCUT2D eigenvalue weighted by Crippen LogP contribution is -2.51. The predicted molar refractivity (Wildman–Crippen MR) is 122 cm³/mol. The van der Waals surface area contributed by atoms with Crippen molar-refractivity contribution in [1.29, 1.82) is 0 Å². The number of nitrogens with zero attached hydrogens (tertiary/aromatic N) is 1. The van der Waals surface area contributed by atoms with Crippen molar-refractivity contribution in [3.63, 3.8) is 0 Å². The molecule has 32 heavy (non-hydrogen) atoms. The standard InChI is InChI=1S/C24H30N4O4/c1-17(29)22(24(31)27-32)26-23(30)21-12-10-19(11-13-21)5-4-18-6-8-20(9-7-18)16-25-14-15-28(2)3/h6-13,17,22,25,29,32H,14-16H2,1-3H3,(H,26,30)(H,27,31). The SMILES string of the molecule is CC(O)C(NC(=O)c1ccc(C#Cc2ccc(CNCCN(C)C)cc2)cc1)C(=O)NO. The minimum Gasteiger partial charge on any atom is -0.391 e. The number of hydrogen-bond acceptors (Lipinski definition) is 6. The van der Waals surface area contributed by atoms with Gasteiger partial charge < -0.3 is 20.6 Å². The molecule has 0 aromatic heterocycles. The molecule has 2 rings (SSSR count). The third-order valence-corrected chi connectivity index (χ3v) is 4.68. The van der Waals surface area contributed by atoms with Crippen LogP contribution in [0.1, 0.15) is 34.0 Å². The summed E-state index contributed by atoms with van der Waals surface area (Å²) in [6, 6.07) is 13.3. The number of aliphatic hydroxyl groups is 1. The normalized spacial score (nSPS) is 12.4. The number of hydroxylamine groups is 1. The first-order valence-corrected chi connectivity index (χ1v) is 10.3. The van der Waals surface area contributed by atoms with Gasteiger partial charge in [0.2, 0.25) is 0 Å². The van der Waals surface area contributed by atoms with Crippen molar-refractivity contribution in [3.05, 3.63) is 70.8 Å². The predicted octanol–water partition coefficient (Wildman–Crippen LogP) is 0.722. The fraction of sp³-hybridized carbons (Fsp3) is 0.333. The van der Waals surface area contributed by atoms with E-state index >= 15 is 0 Å². The van der Waals surface area contributed by atoms with E-state index in [9.17, 15) is 14.7 Å². The molecule has 2 atom stereocenters. The van der Waals surface area contributed by atoms with E-state index in [0.717, 1.165) is 30.8 Å². The minimum atomic E-state index is -1.27. The van der Waals surface area contributed by atoms with Gasteiger partial charge in [-0.1, -0.05) is 24.0 Å². The summed E-state index contributed by atoms with van der Waals surface area (Å²) < 4.78 is 0. The number of nitrogens with one attached hydrogen (secondary N) is 3. The van der Waals surface area contributed by atoms with Gasteiger partial charge >= 0.3 is 0 Å². The Morgan fingerprint density at radius 1 is 1.00 bits per heavy atom. The summed E-state index contributed by atoms with van der Waals surface area (Å²) in [6.07, 6.45) is -1.17. The molecule has 8 heteroatoms. The number of likely N-dealkylation sites (N-methyl/N-ethyl adjacent to an activating group) is 1. The molecule has 2 unspecified atom stereocenters. The van der Waals surface area contributed by atoms with Crippen LogP contribution in [0.25, 0.3) is 0 Å². The van der Waals surface area contributed by atoms with Crippen LogP contribution in [-0.2, 0) is 11.3 Å². The number of benzene rings is 2. The highest BCUT2D eigenvalue weighted by atomic mass is 16.5. The number of aliphatic hydroxyl groups excluding tert-OH is 1. The lowest BCUT2D eigenvalue weighted by atomic mass is 10.1. The van der Waals surface area contributed by atoms with Gasteiger partial charge in [-0.3, -0.25) is 14.8 Å².